The minimum atomic E-state index is -3.38. The second kappa shape index (κ2) is 3.87. The van der Waals surface area contributed by atoms with Crippen molar-refractivity contribution < 1.29 is 13.0 Å². The van der Waals surface area contributed by atoms with Crippen LogP contribution in [-0.2, 0) is 14.4 Å². The van der Waals surface area contributed by atoms with Gasteiger partial charge < -0.3 is 4.57 Å². The average Bonchev–Trinajstić information content (AvgIpc) is 2.01. The molecule has 0 aliphatic rings. The molecule has 0 saturated heterocycles. The molecule has 0 saturated carbocycles. The molecule has 0 atom stereocenters. The highest BCUT2D eigenvalue weighted by Crippen LogP contribution is 2.39. The Morgan fingerprint density at radius 1 is 1.14 bits per heavy atom. The molecule has 1 aromatic rings. The van der Waals surface area contributed by atoms with Gasteiger partial charge in [-0.2, -0.15) is 0 Å². The van der Waals surface area contributed by atoms with Crippen molar-refractivity contribution in [1.29, 1.82) is 0 Å². The molecule has 0 radical (unpaired) electrons. The predicted octanol–water partition coefficient (Wildman–Crippen LogP) is 2.04. The molecule has 0 unspecified atom stereocenters. The summed E-state index contributed by atoms with van der Waals surface area (Å²) in [7, 11) is -5.92. The van der Waals surface area contributed by atoms with E-state index < -0.39 is 17.0 Å². The molecule has 3 nitrogen and oxygen atoms in total. The zero-order chi connectivity index (χ0) is 10.8. The number of hydrogen-bond donors (Lipinski definition) is 0. The van der Waals surface area contributed by atoms with Crippen LogP contribution in [0.1, 0.15) is 0 Å². The standard InChI is InChI=1S/C9H13O3PS/c1-13(2,10)8-14(11,12)9-6-4-3-5-7-9/h3-7H,8H2,1-2H3. The zero-order valence-corrected chi connectivity index (χ0v) is 9.88. The van der Waals surface area contributed by atoms with Gasteiger partial charge in [-0.15, -0.1) is 0 Å². The predicted molar refractivity (Wildman–Crippen MR) is 57.9 cm³/mol. The summed E-state index contributed by atoms with van der Waals surface area (Å²) < 4.78 is 34.8. The maximum Gasteiger partial charge on any atom is 0.185 e. The lowest BCUT2D eigenvalue weighted by atomic mass is 10.4. The van der Waals surface area contributed by atoms with Crippen LogP contribution in [-0.4, -0.2) is 27.2 Å². The molecule has 0 aliphatic heterocycles. The largest absolute Gasteiger partial charge is 0.323 e. The van der Waals surface area contributed by atoms with Crippen molar-refractivity contribution in [3.05, 3.63) is 30.3 Å². The van der Waals surface area contributed by atoms with Crippen LogP contribution in [0.4, 0.5) is 0 Å². The van der Waals surface area contributed by atoms with Gasteiger partial charge >= 0.3 is 0 Å². The van der Waals surface area contributed by atoms with E-state index in [2.05, 4.69) is 0 Å². The Morgan fingerprint density at radius 2 is 1.64 bits per heavy atom. The molecule has 0 aliphatic carbocycles. The Morgan fingerprint density at radius 3 is 2.07 bits per heavy atom. The van der Waals surface area contributed by atoms with E-state index in [1.165, 1.54) is 25.5 Å². The number of rotatable bonds is 3. The fraction of sp³-hybridized carbons (Fsp3) is 0.333. The van der Waals surface area contributed by atoms with E-state index in [1.54, 1.807) is 18.2 Å². The van der Waals surface area contributed by atoms with Gasteiger partial charge in [0, 0.05) is 0 Å². The van der Waals surface area contributed by atoms with Crippen LogP contribution in [0.15, 0.2) is 35.2 Å². The summed E-state index contributed by atoms with van der Waals surface area (Å²) >= 11 is 0. The molecular formula is C9H13O3PS. The third-order valence-corrected chi connectivity index (χ3v) is 6.42. The number of sulfone groups is 1. The summed E-state index contributed by atoms with van der Waals surface area (Å²) in [6.45, 7) is 2.96. The Kier molecular flexibility index (Phi) is 3.17. The minimum absolute atomic E-state index is 0.240. The second-order valence-corrected chi connectivity index (χ2v) is 9.51. The summed E-state index contributed by atoms with van der Waals surface area (Å²) in [4.78, 5) is 0.240. The Hall–Kier alpha value is -0.600. The average molecular weight is 232 g/mol. The first-order chi connectivity index (χ1) is 6.31. The Bertz CT molecular complexity index is 444. The van der Waals surface area contributed by atoms with E-state index in [1.807, 2.05) is 0 Å². The quantitative estimate of drug-likeness (QED) is 0.749. The van der Waals surface area contributed by atoms with Gasteiger partial charge in [-0.3, -0.25) is 0 Å². The SMILES string of the molecule is CP(C)(=O)CS(=O)(=O)c1ccccc1. The van der Waals surface area contributed by atoms with Gasteiger partial charge in [-0.25, -0.2) is 8.42 Å². The van der Waals surface area contributed by atoms with Crippen LogP contribution in [0.2, 0.25) is 0 Å². The highest BCUT2D eigenvalue weighted by atomic mass is 32.2. The highest BCUT2D eigenvalue weighted by molar-refractivity contribution is 7.98. The molecular weight excluding hydrogens is 219 g/mol. The van der Waals surface area contributed by atoms with Crippen molar-refractivity contribution in [2.24, 2.45) is 0 Å². The molecule has 0 fully saturated rings. The van der Waals surface area contributed by atoms with Gasteiger partial charge in [0.05, 0.1) is 12.0 Å². The Labute approximate surface area is 84.4 Å². The summed E-state index contributed by atoms with van der Waals surface area (Å²) in [5.74, 6) is 0. The molecule has 14 heavy (non-hydrogen) atoms. The maximum absolute atomic E-state index is 11.7. The smallest absolute Gasteiger partial charge is 0.185 e. The molecule has 0 aromatic heterocycles. The summed E-state index contributed by atoms with van der Waals surface area (Å²) in [5.41, 5.74) is -0.260. The molecule has 0 spiro atoms. The van der Waals surface area contributed by atoms with E-state index in [0.29, 0.717) is 0 Å². The van der Waals surface area contributed by atoms with Gasteiger partial charge in [0.25, 0.3) is 0 Å². The van der Waals surface area contributed by atoms with E-state index in [-0.39, 0.29) is 10.4 Å². The van der Waals surface area contributed by atoms with Crippen LogP contribution in [0.5, 0.6) is 0 Å². The third-order valence-electron chi connectivity index (χ3n) is 1.58. The van der Waals surface area contributed by atoms with Crippen LogP contribution < -0.4 is 0 Å². The molecule has 0 amide bonds. The number of benzene rings is 1. The fourth-order valence-corrected chi connectivity index (χ4v) is 5.55. The lowest BCUT2D eigenvalue weighted by Gasteiger charge is -2.07. The van der Waals surface area contributed by atoms with Crippen molar-refractivity contribution >= 4 is 17.0 Å². The molecule has 1 rings (SSSR count). The van der Waals surface area contributed by atoms with E-state index in [4.69, 9.17) is 0 Å². The van der Waals surface area contributed by atoms with E-state index in [0.717, 1.165) is 0 Å². The van der Waals surface area contributed by atoms with Crippen LogP contribution in [0.3, 0.4) is 0 Å². The second-order valence-electron chi connectivity index (χ2n) is 3.63. The molecule has 1 aromatic carbocycles. The van der Waals surface area contributed by atoms with Crippen molar-refractivity contribution in [3.63, 3.8) is 0 Å². The Balaban J connectivity index is 3.05. The van der Waals surface area contributed by atoms with Gasteiger partial charge in [0.2, 0.25) is 0 Å². The lowest BCUT2D eigenvalue weighted by molar-refractivity contribution is 0.580. The van der Waals surface area contributed by atoms with Gasteiger partial charge in [-0.05, 0) is 25.5 Å². The fourth-order valence-electron chi connectivity index (χ4n) is 1.11. The zero-order valence-electron chi connectivity index (χ0n) is 8.17. The first-order valence-electron chi connectivity index (χ1n) is 4.13. The summed E-state index contributed by atoms with van der Waals surface area (Å²) in [6.07, 6.45) is 0. The molecule has 0 N–H and O–H groups in total. The van der Waals surface area contributed by atoms with Gasteiger partial charge in [0.15, 0.2) is 9.84 Å². The van der Waals surface area contributed by atoms with Crippen LogP contribution in [0, 0.1) is 0 Å². The van der Waals surface area contributed by atoms with Crippen molar-refractivity contribution in [2.75, 3.05) is 18.8 Å². The molecule has 5 heteroatoms. The maximum atomic E-state index is 11.7. The third kappa shape index (κ3) is 3.28. The molecule has 0 bridgehead atoms. The van der Waals surface area contributed by atoms with Crippen LogP contribution in [0.25, 0.3) is 0 Å². The van der Waals surface area contributed by atoms with E-state index in [9.17, 15) is 13.0 Å². The van der Waals surface area contributed by atoms with Crippen molar-refractivity contribution in [2.45, 2.75) is 4.90 Å². The topological polar surface area (TPSA) is 51.2 Å². The van der Waals surface area contributed by atoms with Gasteiger partial charge in [0.1, 0.15) is 5.49 Å². The van der Waals surface area contributed by atoms with Gasteiger partial charge in [-0.1, -0.05) is 18.2 Å². The first kappa shape index (κ1) is 11.5. The highest BCUT2D eigenvalue weighted by Gasteiger charge is 2.21. The van der Waals surface area contributed by atoms with E-state index >= 15 is 0 Å². The van der Waals surface area contributed by atoms with Crippen molar-refractivity contribution in [1.82, 2.24) is 0 Å². The number of hydrogen-bond acceptors (Lipinski definition) is 3. The summed E-state index contributed by atoms with van der Waals surface area (Å²) in [6, 6.07) is 8.10. The lowest BCUT2D eigenvalue weighted by Crippen LogP contribution is -2.06. The summed E-state index contributed by atoms with van der Waals surface area (Å²) in [5, 5.41) is 0. The van der Waals surface area contributed by atoms with Crippen LogP contribution >= 0.6 is 7.14 Å². The molecule has 0 heterocycles. The van der Waals surface area contributed by atoms with Crippen molar-refractivity contribution in [3.8, 4) is 0 Å². The first-order valence-corrected chi connectivity index (χ1v) is 8.57. The molecule has 78 valence electrons. The monoisotopic (exact) mass is 232 g/mol. The minimum Gasteiger partial charge on any atom is -0.323 e. The normalized spacial score (nSPS) is 12.7.